The third-order valence-corrected chi connectivity index (χ3v) is 5.34. The summed E-state index contributed by atoms with van der Waals surface area (Å²) in [5, 5.41) is 20.6. The highest BCUT2D eigenvalue weighted by Crippen LogP contribution is 2.41. The van der Waals surface area contributed by atoms with Gasteiger partial charge in [-0.25, -0.2) is 0 Å². The van der Waals surface area contributed by atoms with Crippen LogP contribution in [0.4, 0.5) is 0 Å². The third-order valence-electron chi connectivity index (χ3n) is 5.34. The van der Waals surface area contributed by atoms with Crippen LogP contribution in [-0.2, 0) is 5.41 Å². The molecule has 0 aliphatic carbocycles. The molecule has 0 aromatic heterocycles. The van der Waals surface area contributed by atoms with Gasteiger partial charge in [0.2, 0.25) is 0 Å². The molecule has 136 valence electrons. The minimum atomic E-state index is -0.219. The van der Waals surface area contributed by atoms with E-state index in [9.17, 15) is 10.2 Å². The van der Waals surface area contributed by atoms with Gasteiger partial charge in [0.05, 0.1) is 0 Å². The number of aromatic hydroxyl groups is 2. The van der Waals surface area contributed by atoms with E-state index in [1.165, 1.54) is 11.1 Å². The molecule has 0 heterocycles. The summed E-state index contributed by atoms with van der Waals surface area (Å²) in [6.45, 7) is 17.0. The Labute approximate surface area is 152 Å². The molecule has 0 saturated heterocycles. The summed E-state index contributed by atoms with van der Waals surface area (Å²) in [7, 11) is 0. The summed E-state index contributed by atoms with van der Waals surface area (Å²) in [5.74, 6) is 1.28. The molecule has 2 aromatic carbocycles. The van der Waals surface area contributed by atoms with Crippen molar-refractivity contribution in [3.05, 3.63) is 57.6 Å². The number of rotatable bonds is 4. The first-order chi connectivity index (χ1) is 11.5. The molecule has 2 rings (SSSR count). The summed E-state index contributed by atoms with van der Waals surface area (Å²) in [6.07, 6.45) is 0. The van der Waals surface area contributed by atoms with E-state index < -0.39 is 0 Å². The summed E-state index contributed by atoms with van der Waals surface area (Å²) >= 11 is 0. The zero-order chi connectivity index (χ0) is 19.1. The smallest absolute Gasteiger partial charge is 0.119 e. The van der Waals surface area contributed by atoms with Gasteiger partial charge in [0.1, 0.15) is 11.5 Å². The minimum Gasteiger partial charge on any atom is -0.508 e. The molecule has 0 fully saturated rings. The number of benzene rings is 2. The fourth-order valence-electron chi connectivity index (χ4n) is 3.84. The van der Waals surface area contributed by atoms with Crippen LogP contribution in [0.2, 0.25) is 0 Å². The molecular formula is C23H32O2. The van der Waals surface area contributed by atoms with Crippen molar-refractivity contribution in [1.29, 1.82) is 0 Å². The minimum absolute atomic E-state index is 0.219. The van der Waals surface area contributed by atoms with E-state index >= 15 is 0 Å². The highest BCUT2D eigenvalue weighted by Gasteiger charge is 2.29. The van der Waals surface area contributed by atoms with Gasteiger partial charge in [-0.1, -0.05) is 53.7 Å². The van der Waals surface area contributed by atoms with Gasteiger partial charge in [-0.2, -0.15) is 0 Å². The summed E-state index contributed by atoms with van der Waals surface area (Å²) < 4.78 is 0. The van der Waals surface area contributed by atoms with Gasteiger partial charge in [0.25, 0.3) is 0 Å². The van der Waals surface area contributed by atoms with Gasteiger partial charge in [0.15, 0.2) is 0 Å². The molecule has 0 spiro atoms. The molecule has 2 N–H and O–H groups in total. The Kier molecular flexibility index (Phi) is 5.22. The first-order valence-corrected chi connectivity index (χ1v) is 9.14. The van der Waals surface area contributed by atoms with E-state index in [0.29, 0.717) is 11.5 Å². The number of phenolic OH excluding ortho intramolecular Hbond substituents is 2. The fourth-order valence-corrected chi connectivity index (χ4v) is 3.84. The Hall–Kier alpha value is -1.96. The van der Waals surface area contributed by atoms with Crippen molar-refractivity contribution in [3.8, 4) is 11.5 Å². The van der Waals surface area contributed by atoms with Crippen molar-refractivity contribution < 1.29 is 10.2 Å². The molecule has 0 amide bonds. The lowest BCUT2D eigenvalue weighted by atomic mass is 9.72. The molecule has 2 heteroatoms. The van der Waals surface area contributed by atoms with E-state index in [4.69, 9.17) is 0 Å². The number of aryl methyl sites for hydroxylation is 2. The Balaban J connectivity index is 2.71. The largest absolute Gasteiger partial charge is 0.508 e. The van der Waals surface area contributed by atoms with Crippen molar-refractivity contribution in [2.24, 2.45) is 0 Å². The molecule has 0 atom stereocenters. The maximum absolute atomic E-state index is 10.3. The molecule has 0 bridgehead atoms. The van der Waals surface area contributed by atoms with E-state index in [0.717, 1.165) is 22.3 Å². The van der Waals surface area contributed by atoms with E-state index in [1.807, 2.05) is 12.1 Å². The van der Waals surface area contributed by atoms with Crippen LogP contribution in [-0.4, -0.2) is 10.2 Å². The average Bonchev–Trinajstić information content (AvgIpc) is 2.45. The molecule has 25 heavy (non-hydrogen) atoms. The monoisotopic (exact) mass is 340 g/mol. The van der Waals surface area contributed by atoms with Crippen LogP contribution in [0.3, 0.4) is 0 Å². The topological polar surface area (TPSA) is 40.5 Å². The first-order valence-electron chi connectivity index (χ1n) is 9.14. The SMILES string of the molecule is Cc1cc(O)c(C(C)C)cc1C(C)(C)c1cc(C(C)C)c(O)cc1C. The zero-order valence-electron chi connectivity index (χ0n) is 16.9. The van der Waals surface area contributed by atoms with E-state index in [-0.39, 0.29) is 17.3 Å². The van der Waals surface area contributed by atoms with Crippen molar-refractivity contribution in [3.63, 3.8) is 0 Å². The Morgan fingerprint density at radius 2 is 1.00 bits per heavy atom. The number of phenols is 2. The van der Waals surface area contributed by atoms with Crippen LogP contribution in [0.5, 0.6) is 11.5 Å². The van der Waals surface area contributed by atoms with Crippen molar-refractivity contribution in [2.45, 2.75) is 72.6 Å². The quantitative estimate of drug-likeness (QED) is 0.687. The predicted octanol–water partition coefficient (Wildman–Crippen LogP) is 6.29. The van der Waals surface area contributed by atoms with Gasteiger partial charge in [-0.3, -0.25) is 0 Å². The van der Waals surface area contributed by atoms with Gasteiger partial charge >= 0.3 is 0 Å². The lowest BCUT2D eigenvalue weighted by Crippen LogP contribution is -2.22. The molecule has 0 radical (unpaired) electrons. The maximum atomic E-state index is 10.3. The van der Waals surface area contributed by atoms with Crippen molar-refractivity contribution in [1.82, 2.24) is 0 Å². The van der Waals surface area contributed by atoms with Gasteiger partial charge in [0, 0.05) is 5.41 Å². The summed E-state index contributed by atoms with van der Waals surface area (Å²) in [5.41, 5.74) is 6.36. The third kappa shape index (κ3) is 3.53. The number of hydrogen-bond acceptors (Lipinski definition) is 2. The van der Waals surface area contributed by atoms with E-state index in [2.05, 4.69) is 67.5 Å². The zero-order valence-corrected chi connectivity index (χ0v) is 16.9. The second kappa shape index (κ2) is 6.74. The second-order valence-electron chi connectivity index (χ2n) is 8.39. The lowest BCUT2D eigenvalue weighted by Gasteiger charge is -2.31. The first kappa shape index (κ1) is 19.4. The van der Waals surface area contributed by atoms with Crippen molar-refractivity contribution in [2.75, 3.05) is 0 Å². The van der Waals surface area contributed by atoms with Gasteiger partial charge in [-0.15, -0.1) is 0 Å². The molecule has 2 aromatic rings. The van der Waals surface area contributed by atoms with Crippen LogP contribution in [0, 0.1) is 13.8 Å². The second-order valence-corrected chi connectivity index (χ2v) is 8.39. The van der Waals surface area contributed by atoms with Crippen LogP contribution < -0.4 is 0 Å². The van der Waals surface area contributed by atoms with Crippen LogP contribution >= 0.6 is 0 Å². The predicted molar refractivity (Wildman–Crippen MR) is 106 cm³/mol. The molecule has 2 nitrogen and oxygen atoms in total. The van der Waals surface area contributed by atoms with Gasteiger partial charge in [-0.05, 0) is 71.2 Å². The Morgan fingerprint density at radius 1 is 0.680 bits per heavy atom. The summed E-state index contributed by atoms with van der Waals surface area (Å²) in [4.78, 5) is 0. The van der Waals surface area contributed by atoms with Crippen LogP contribution in [0.1, 0.15) is 86.8 Å². The lowest BCUT2D eigenvalue weighted by molar-refractivity contribution is 0.462. The molecule has 0 saturated carbocycles. The molecule has 0 aliphatic rings. The van der Waals surface area contributed by atoms with E-state index in [1.54, 1.807) is 0 Å². The standard InChI is InChI=1S/C23H32O2/c1-13(2)17-11-19(15(5)9-21(17)24)23(7,8)20-12-18(14(3)4)22(25)10-16(20)6/h9-14,24-25H,1-8H3. The van der Waals surface area contributed by atoms with Crippen LogP contribution in [0.15, 0.2) is 24.3 Å². The number of hydrogen-bond donors (Lipinski definition) is 2. The maximum Gasteiger partial charge on any atom is 0.119 e. The Morgan fingerprint density at radius 3 is 1.28 bits per heavy atom. The average molecular weight is 341 g/mol. The normalized spacial score (nSPS) is 12.2. The summed E-state index contributed by atoms with van der Waals surface area (Å²) in [6, 6.07) is 8.06. The molecule has 0 unspecified atom stereocenters. The highest BCUT2D eigenvalue weighted by molar-refractivity contribution is 5.53. The van der Waals surface area contributed by atoms with Crippen LogP contribution in [0.25, 0.3) is 0 Å². The fraction of sp³-hybridized carbons (Fsp3) is 0.478. The van der Waals surface area contributed by atoms with Gasteiger partial charge < -0.3 is 10.2 Å². The highest BCUT2D eigenvalue weighted by atomic mass is 16.3. The van der Waals surface area contributed by atoms with Crippen molar-refractivity contribution >= 4 is 0 Å². The molecule has 0 aliphatic heterocycles. The molecular weight excluding hydrogens is 308 g/mol. The Bertz CT molecular complexity index is 718.